The van der Waals surface area contributed by atoms with Crippen molar-refractivity contribution in [3.63, 3.8) is 0 Å². The maximum Gasteiger partial charge on any atom is 0.337 e. The van der Waals surface area contributed by atoms with Crippen LogP contribution >= 0.6 is 0 Å². The molecule has 4 rings (SSSR count). The molecular formula is C22H23NO4. The van der Waals surface area contributed by atoms with Crippen LogP contribution in [0.3, 0.4) is 0 Å². The molecule has 5 heteroatoms. The van der Waals surface area contributed by atoms with Crippen molar-refractivity contribution in [1.82, 2.24) is 4.90 Å². The molecule has 1 saturated heterocycles. The highest BCUT2D eigenvalue weighted by atomic mass is 16.5. The van der Waals surface area contributed by atoms with E-state index < -0.39 is 0 Å². The number of carbonyl (C=O) groups excluding carboxylic acids is 2. The van der Waals surface area contributed by atoms with Crippen LogP contribution in [0.25, 0.3) is 11.1 Å². The predicted molar refractivity (Wildman–Crippen MR) is 101 cm³/mol. The van der Waals surface area contributed by atoms with Gasteiger partial charge < -0.3 is 14.7 Å². The molecule has 1 heterocycles. The zero-order valence-electron chi connectivity index (χ0n) is 15.3. The van der Waals surface area contributed by atoms with Gasteiger partial charge in [0.15, 0.2) is 0 Å². The van der Waals surface area contributed by atoms with Crippen molar-refractivity contribution in [2.75, 3.05) is 20.2 Å². The number of carbonyl (C=O) groups is 2. The summed E-state index contributed by atoms with van der Waals surface area (Å²) in [5.41, 5.74) is 2.85. The molecule has 0 radical (unpaired) electrons. The summed E-state index contributed by atoms with van der Waals surface area (Å²) in [7, 11) is 1.36. The Bertz CT molecular complexity index is 864. The van der Waals surface area contributed by atoms with E-state index in [4.69, 9.17) is 4.74 Å². The maximum absolute atomic E-state index is 13.0. The van der Waals surface area contributed by atoms with Gasteiger partial charge in [-0.1, -0.05) is 24.3 Å². The number of nitrogens with zero attached hydrogens (tertiary/aromatic N) is 1. The molecule has 2 aromatic rings. The zero-order chi connectivity index (χ0) is 19.0. The second-order valence-corrected chi connectivity index (χ2v) is 7.45. The standard InChI is InChI=1S/C22H23NO4/c1-27-22(26)17-7-3-5-15(11-17)14-4-2-6-16(10-14)21(25)23-12-18-8-9-19(13-23)20(18)24/h2-7,10-11,18-20,24H,8-9,12-13H2,1H3. The van der Waals surface area contributed by atoms with Gasteiger partial charge in [-0.15, -0.1) is 0 Å². The molecule has 1 amide bonds. The van der Waals surface area contributed by atoms with E-state index in [0.717, 1.165) is 24.0 Å². The monoisotopic (exact) mass is 365 g/mol. The van der Waals surface area contributed by atoms with Crippen LogP contribution < -0.4 is 0 Å². The average molecular weight is 365 g/mol. The number of benzene rings is 2. The van der Waals surface area contributed by atoms with Gasteiger partial charge in [0.2, 0.25) is 0 Å². The predicted octanol–water partition coefficient (Wildman–Crippen LogP) is 2.98. The van der Waals surface area contributed by atoms with E-state index in [9.17, 15) is 14.7 Å². The highest BCUT2D eigenvalue weighted by molar-refractivity contribution is 5.96. The maximum atomic E-state index is 13.0. The van der Waals surface area contributed by atoms with Crippen molar-refractivity contribution in [2.24, 2.45) is 11.8 Å². The van der Waals surface area contributed by atoms with Gasteiger partial charge in [0.05, 0.1) is 18.8 Å². The fourth-order valence-electron chi connectivity index (χ4n) is 4.32. The van der Waals surface area contributed by atoms with Crippen LogP contribution in [-0.4, -0.2) is 48.2 Å². The molecular weight excluding hydrogens is 342 g/mol. The number of rotatable bonds is 3. The van der Waals surface area contributed by atoms with Crippen molar-refractivity contribution in [2.45, 2.75) is 18.9 Å². The summed E-state index contributed by atoms with van der Waals surface area (Å²) in [4.78, 5) is 26.6. The summed E-state index contributed by atoms with van der Waals surface area (Å²) in [6, 6.07) is 14.7. The number of fused-ring (bicyclic) bond motifs is 2. The smallest absolute Gasteiger partial charge is 0.337 e. The minimum Gasteiger partial charge on any atom is -0.465 e. The molecule has 0 aromatic heterocycles. The topological polar surface area (TPSA) is 66.8 Å². The summed E-state index contributed by atoms with van der Waals surface area (Å²) in [5, 5.41) is 10.2. The van der Waals surface area contributed by atoms with Gasteiger partial charge in [0.25, 0.3) is 5.91 Å². The van der Waals surface area contributed by atoms with E-state index in [1.54, 1.807) is 18.2 Å². The minimum absolute atomic E-state index is 0.00442. The number of amides is 1. The number of hydrogen-bond acceptors (Lipinski definition) is 4. The summed E-state index contributed by atoms with van der Waals surface area (Å²) in [6.07, 6.45) is 1.73. The van der Waals surface area contributed by atoms with Crippen LogP contribution in [0.1, 0.15) is 33.6 Å². The Morgan fingerprint density at radius 2 is 1.52 bits per heavy atom. The van der Waals surface area contributed by atoms with E-state index in [1.807, 2.05) is 35.2 Å². The van der Waals surface area contributed by atoms with Gasteiger partial charge in [-0.3, -0.25) is 4.79 Å². The largest absolute Gasteiger partial charge is 0.465 e. The van der Waals surface area contributed by atoms with Crippen LogP contribution in [0.15, 0.2) is 48.5 Å². The zero-order valence-corrected chi connectivity index (χ0v) is 15.3. The van der Waals surface area contributed by atoms with Gasteiger partial charge in [-0.05, 0) is 48.2 Å². The lowest BCUT2D eigenvalue weighted by Crippen LogP contribution is -2.47. The molecule has 2 aliphatic rings. The van der Waals surface area contributed by atoms with Gasteiger partial charge in [0, 0.05) is 30.5 Å². The number of aliphatic hydroxyl groups is 1. The highest BCUT2D eigenvalue weighted by Gasteiger charge is 2.42. The Balaban J connectivity index is 1.58. The van der Waals surface area contributed by atoms with Crippen LogP contribution in [0.5, 0.6) is 0 Å². The number of ether oxygens (including phenoxy) is 1. The molecule has 5 nitrogen and oxygen atoms in total. The molecule has 2 fully saturated rings. The van der Waals surface area contributed by atoms with Crippen molar-refractivity contribution < 1.29 is 19.4 Å². The molecule has 2 atom stereocenters. The van der Waals surface area contributed by atoms with E-state index >= 15 is 0 Å². The Labute approximate surface area is 158 Å². The quantitative estimate of drug-likeness (QED) is 0.849. The fourth-order valence-corrected chi connectivity index (χ4v) is 4.32. The highest BCUT2D eigenvalue weighted by Crippen LogP contribution is 2.37. The third-order valence-corrected chi connectivity index (χ3v) is 5.80. The lowest BCUT2D eigenvalue weighted by Gasteiger charge is -2.35. The summed E-state index contributed by atoms with van der Waals surface area (Å²) >= 11 is 0. The number of methoxy groups -OCH3 is 1. The molecule has 2 bridgehead atoms. The third-order valence-electron chi connectivity index (χ3n) is 5.80. The van der Waals surface area contributed by atoms with Crippen molar-refractivity contribution in [3.8, 4) is 11.1 Å². The van der Waals surface area contributed by atoms with Crippen molar-refractivity contribution in [3.05, 3.63) is 59.7 Å². The first-order chi connectivity index (χ1) is 13.1. The van der Waals surface area contributed by atoms with Crippen molar-refractivity contribution in [1.29, 1.82) is 0 Å². The molecule has 1 aliphatic heterocycles. The van der Waals surface area contributed by atoms with E-state index in [-0.39, 0.29) is 29.8 Å². The van der Waals surface area contributed by atoms with Crippen LogP contribution in [0.4, 0.5) is 0 Å². The Morgan fingerprint density at radius 1 is 0.963 bits per heavy atom. The summed E-state index contributed by atoms with van der Waals surface area (Å²) < 4.78 is 4.78. The fraction of sp³-hybridized carbons (Fsp3) is 0.364. The average Bonchev–Trinajstić information content (AvgIpc) is 2.93. The third kappa shape index (κ3) is 3.35. The van der Waals surface area contributed by atoms with E-state index in [1.165, 1.54) is 7.11 Å². The number of aliphatic hydroxyl groups excluding tert-OH is 1. The summed E-state index contributed by atoms with van der Waals surface area (Å²) in [5.74, 6) is 0.0245. The Kier molecular flexibility index (Phi) is 4.70. The Morgan fingerprint density at radius 3 is 2.11 bits per heavy atom. The number of hydrogen-bond donors (Lipinski definition) is 1. The number of likely N-dealkylation sites (tertiary alicyclic amines) is 1. The molecule has 2 unspecified atom stereocenters. The number of esters is 1. The Hall–Kier alpha value is -2.66. The summed E-state index contributed by atoms with van der Waals surface area (Å²) in [6.45, 7) is 1.25. The van der Waals surface area contributed by atoms with Gasteiger partial charge in [0.1, 0.15) is 0 Å². The molecule has 1 N–H and O–H groups in total. The van der Waals surface area contributed by atoms with Gasteiger partial charge in [-0.2, -0.15) is 0 Å². The molecule has 0 spiro atoms. The SMILES string of the molecule is COC(=O)c1cccc(-c2cccc(C(=O)N3CC4CCC(C3)C4O)c2)c1. The van der Waals surface area contributed by atoms with Crippen LogP contribution in [-0.2, 0) is 4.74 Å². The molecule has 27 heavy (non-hydrogen) atoms. The van der Waals surface area contributed by atoms with Gasteiger partial charge in [-0.25, -0.2) is 4.79 Å². The van der Waals surface area contributed by atoms with Gasteiger partial charge >= 0.3 is 5.97 Å². The number of piperidine rings is 1. The van der Waals surface area contributed by atoms with E-state index in [2.05, 4.69) is 0 Å². The first-order valence-electron chi connectivity index (χ1n) is 9.33. The minimum atomic E-state index is -0.383. The van der Waals surface area contributed by atoms with Crippen molar-refractivity contribution >= 4 is 11.9 Å². The van der Waals surface area contributed by atoms with Crippen LogP contribution in [0, 0.1) is 11.8 Å². The lowest BCUT2D eigenvalue weighted by atomic mass is 9.94. The second-order valence-electron chi connectivity index (χ2n) is 7.45. The first-order valence-corrected chi connectivity index (χ1v) is 9.33. The normalized spacial score (nSPS) is 23.9. The second kappa shape index (κ2) is 7.16. The van der Waals surface area contributed by atoms with E-state index in [0.29, 0.717) is 24.2 Å². The molecule has 1 aliphatic carbocycles. The first kappa shape index (κ1) is 17.7. The van der Waals surface area contributed by atoms with Crippen LogP contribution in [0.2, 0.25) is 0 Å². The molecule has 1 saturated carbocycles. The lowest BCUT2D eigenvalue weighted by molar-refractivity contribution is 0.0166. The molecule has 2 aromatic carbocycles. The molecule has 140 valence electrons.